The van der Waals surface area contributed by atoms with Gasteiger partial charge >= 0.3 is 12.1 Å². The zero-order chi connectivity index (χ0) is 15.5. The Bertz CT molecular complexity index is 715. The minimum absolute atomic E-state index is 0.171. The molecule has 0 saturated heterocycles. The number of benzene rings is 1. The van der Waals surface area contributed by atoms with Gasteiger partial charge in [-0.15, -0.1) is 0 Å². The number of ether oxygens (including phenoxy) is 1. The van der Waals surface area contributed by atoms with Crippen LogP contribution >= 0.6 is 0 Å². The van der Waals surface area contributed by atoms with Crippen LogP contribution < -0.4 is 4.90 Å². The number of carbonyl (C=O) groups excluding carboxylic acids is 1. The van der Waals surface area contributed by atoms with Crippen molar-refractivity contribution >= 4 is 17.9 Å². The molecule has 1 aromatic carbocycles. The van der Waals surface area contributed by atoms with E-state index >= 15 is 0 Å². The fourth-order valence-electron chi connectivity index (χ4n) is 2.47. The van der Waals surface area contributed by atoms with Crippen LogP contribution in [-0.4, -0.2) is 28.7 Å². The number of anilines is 1. The van der Waals surface area contributed by atoms with Crippen molar-refractivity contribution in [3.63, 3.8) is 0 Å². The minimum Gasteiger partial charge on any atom is -0.478 e. The van der Waals surface area contributed by atoms with Crippen LogP contribution in [0.4, 0.5) is 10.6 Å². The van der Waals surface area contributed by atoms with Crippen molar-refractivity contribution in [2.75, 3.05) is 11.4 Å². The molecule has 112 valence electrons. The molecule has 0 radical (unpaired) electrons. The number of hydrogen-bond acceptors (Lipinski definition) is 4. The van der Waals surface area contributed by atoms with Crippen LogP contribution in [-0.2, 0) is 17.8 Å². The zero-order valence-electron chi connectivity index (χ0n) is 11.7. The van der Waals surface area contributed by atoms with E-state index in [1.165, 1.54) is 17.2 Å². The van der Waals surface area contributed by atoms with E-state index in [4.69, 9.17) is 9.84 Å². The van der Waals surface area contributed by atoms with Gasteiger partial charge in [0, 0.05) is 18.3 Å². The SMILES string of the molecule is O=C(O)c1ccnc2c1CCN2C(=O)OCc1ccccc1. The predicted octanol–water partition coefficient (Wildman–Crippen LogP) is 2.48. The summed E-state index contributed by atoms with van der Waals surface area (Å²) in [4.78, 5) is 28.9. The summed E-state index contributed by atoms with van der Waals surface area (Å²) < 4.78 is 5.27. The smallest absolute Gasteiger partial charge is 0.415 e. The number of aromatic nitrogens is 1. The minimum atomic E-state index is -1.02. The molecule has 0 bridgehead atoms. The van der Waals surface area contributed by atoms with Gasteiger partial charge in [0.15, 0.2) is 0 Å². The summed E-state index contributed by atoms with van der Waals surface area (Å²) in [6, 6.07) is 10.8. The molecule has 1 N–H and O–H groups in total. The molecule has 0 saturated carbocycles. The molecule has 1 amide bonds. The van der Waals surface area contributed by atoms with Crippen LogP contribution in [0.15, 0.2) is 42.6 Å². The Morgan fingerprint density at radius 1 is 1.23 bits per heavy atom. The summed E-state index contributed by atoms with van der Waals surface area (Å²) in [6.45, 7) is 0.546. The lowest BCUT2D eigenvalue weighted by Crippen LogP contribution is -2.30. The number of hydrogen-bond donors (Lipinski definition) is 1. The third-order valence-electron chi connectivity index (χ3n) is 3.53. The highest BCUT2D eigenvalue weighted by atomic mass is 16.6. The van der Waals surface area contributed by atoms with Crippen LogP contribution in [0.1, 0.15) is 21.5 Å². The molecule has 0 atom stereocenters. The van der Waals surface area contributed by atoms with Crippen LogP contribution in [0.2, 0.25) is 0 Å². The summed E-state index contributed by atoms with van der Waals surface area (Å²) in [6.07, 6.45) is 1.34. The molecule has 0 fully saturated rings. The molecule has 2 aromatic rings. The number of nitrogens with zero attached hydrogens (tertiary/aromatic N) is 2. The monoisotopic (exact) mass is 298 g/mol. The van der Waals surface area contributed by atoms with E-state index in [1.807, 2.05) is 30.3 Å². The molecule has 0 unspecified atom stereocenters. The maximum absolute atomic E-state index is 12.2. The molecule has 6 nitrogen and oxygen atoms in total. The molecular formula is C16H14N2O4. The first-order valence-electron chi connectivity index (χ1n) is 6.86. The van der Waals surface area contributed by atoms with E-state index in [-0.39, 0.29) is 12.2 Å². The second kappa shape index (κ2) is 5.85. The van der Waals surface area contributed by atoms with Crippen LogP contribution in [0.5, 0.6) is 0 Å². The molecule has 3 rings (SSSR count). The molecule has 2 heterocycles. The summed E-state index contributed by atoms with van der Waals surface area (Å²) in [5.74, 6) is -0.642. The Balaban J connectivity index is 1.74. The first-order chi connectivity index (χ1) is 10.7. The summed E-state index contributed by atoms with van der Waals surface area (Å²) in [5.41, 5.74) is 1.65. The van der Waals surface area contributed by atoms with E-state index in [1.54, 1.807) is 0 Å². The molecule has 22 heavy (non-hydrogen) atoms. The highest BCUT2D eigenvalue weighted by Crippen LogP contribution is 2.29. The van der Waals surface area contributed by atoms with Crippen molar-refractivity contribution < 1.29 is 19.4 Å². The number of aromatic carboxylic acids is 1. The van der Waals surface area contributed by atoms with Gasteiger partial charge in [-0.1, -0.05) is 30.3 Å². The van der Waals surface area contributed by atoms with Gasteiger partial charge in [-0.3, -0.25) is 4.90 Å². The first kappa shape index (κ1) is 14.1. The third-order valence-corrected chi connectivity index (χ3v) is 3.53. The van der Waals surface area contributed by atoms with Crippen molar-refractivity contribution in [2.45, 2.75) is 13.0 Å². The average molecular weight is 298 g/mol. The average Bonchev–Trinajstić information content (AvgIpc) is 2.97. The Labute approximate surface area is 127 Å². The predicted molar refractivity (Wildman–Crippen MR) is 78.9 cm³/mol. The number of carboxylic acids is 1. The van der Waals surface area contributed by atoms with Crippen LogP contribution in [0.3, 0.4) is 0 Å². The Morgan fingerprint density at radius 3 is 2.73 bits per heavy atom. The second-order valence-electron chi connectivity index (χ2n) is 4.91. The molecule has 0 aliphatic carbocycles. The first-order valence-corrected chi connectivity index (χ1v) is 6.86. The van der Waals surface area contributed by atoms with Gasteiger partial charge in [0.2, 0.25) is 0 Å². The summed E-state index contributed by atoms with van der Waals surface area (Å²) in [5, 5.41) is 9.16. The fraction of sp³-hybridized carbons (Fsp3) is 0.188. The van der Waals surface area contributed by atoms with Crippen LogP contribution in [0, 0.1) is 0 Å². The highest BCUT2D eigenvalue weighted by molar-refractivity contribution is 5.95. The Morgan fingerprint density at radius 2 is 2.00 bits per heavy atom. The number of rotatable bonds is 3. The standard InChI is InChI=1S/C16H14N2O4/c19-15(20)13-6-8-17-14-12(13)7-9-18(14)16(21)22-10-11-4-2-1-3-5-11/h1-6,8H,7,9-10H2,(H,19,20). The second-order valence-corrected chi connectivity index (χ2v) is 4.91. The van der Waals surface area contributed by atoms with Crippen molar-refractivity contribution in [1.82, 2.24) is 4.98 Å². The molecular weight excluding hydrogens is 284 g/mol. The van der Waals surface area contributed by atoms with Gasteiger partial charge in [0.25, 0.3) is 0 Å². The van der Waals surface area contributed by atoms with Crippen LogP contribution in [0.25, 0.3) is 0 Å². The Hall–Kier alpha value is -2.89. The van der Waals surface area contributed by atoms with E-state index in [2.05, 4.69) is 4.98 Å². The van der Waals surface area contributed by atoms with E-state index < -0.39 is 12.1 Å². The lowest BCUT2D eigenvalue weighted by molar-refractivity contribution is 0.0695. The van der Waals surface area contributed by atoms with Crippen molar-refractivity contribution in [2.24, 2.45) is 0 Å². The van der Waals surface area contributed by atoms with Crippen molar-refractivity contribution in [3.8, 4) is 0 Å². The lowest BCUT2D eigenvalue weighted by atomic mass is 10.1. The van der Waals surface area contributed by atoms with Gasteiger partial charge in [0.05, 0.1) is 5.56 Å². The number of carboxylic acid groups (broad SMARTS) is 1. The van der Waals surface area contributed by atoms with Gasteiger partial charge in [-0.25, -0.2) is 14.6 Å². The number of amides is 1. The quantitative estimate of drug-likeness (QED) is 0.941. The van der Waals surface area contributed by atoms with Gasteiger partial charge < -0.3 is 9.84 Å². The maximum Gasteiger partial charge on any atom is 0.415 e. The molecule has 1 aliphatic heterocycles. The number of carbonyl (C=O) groups is 2. The summed E-state index contributed by atoms with van der Waals surface area (Å²) >= 11 is 0. The summed E-state index contributed by atoms with van der Waals surface area (Å²) in [7, 11) is 0. The molecule has 6 heteroatoms. The van der Waals surface area contributed by atoms with Gasteiger partial charge in [-0.05, 0) is 18.1 Å². The molecule has 1 aromatic heterocycles. The highest BCUT2D eigenvalue weighted by Gasteiger charge is 2.30. The fourth-order valence-corrected chi connectivity index (χ4v) is 2.47. The largest absolute Gasteiger partial charge is 0.478 e. The molecule has 0 spiro atoms. The van der Waals surface area contributed by atoms with Gasteiger partial charge in [0.1, 0.15) is 12.4 Å². The van der Waals surface area contributed by atoms with E-state index in [0.717, 1.165) is 5.56 Å². The maximum atomic E-state index is 12.2. The van der Waals surface area contributed by atoms with E-state index in [0.29, 0.717) is 24.3 Å². The van der Waals surface area contributed by atoms with Gasteiger partial charge in [-0.2, -0.15) is 0 Å². The number of pyridine rings is 1. The zero-order valence-corrected chi connectivity index (χ0v) is 11.7. The lowest BCUT2D eigenvalue weighted by Gasteiger charge is -2.16. The number of fused-ring (bicyclic) bond motifs is 1. The van der Waals surface area contributed by atoms with Crippen molar-refractivity contribution in [1.29, 1.82) is 0 Å². The topological polar surface area (TPSA) is 79.7 Å². The molecule has 1 aliphatic rings. The normalized spacial score (nSPS) is 12.8. The third kappa shape index (κ3) is 2.63. The van der Waals surface area contributed by atoms with Crippen molar-refractivity contribution in [3.05, 3.63) is 59.3 Å². The van der Waals surface area contributed by atoms with E-state index in [9.17, 15) is 9.59 Å². The Kier molecular flexibility index (Phi) is 3.74.